The van der Waals surface area contributed by atoms with E-state index >= 15 is 0 Å². The largest absolute Gasteiger partial charge is 0.379 e. The molecule has 0 amide bonds. The first-order valence-corrected chi connectivity index (χ1v) is 10.5. The van der Waals surface area contributed by atoms with Gasteiger partial charge in [0.2, 0.25) is 0 Å². The summed E-state index contributed by atoms with van der Waals surface area (Å²) in [6.45, 7) is 4.83. The van der Waals surface area contributed by atoms with Crippen molar-refractivity contribution in [2.45, 2.75) is 19.5 Å². The number of tetrazole rings is 1. The number of hydrogen-bond donors (Lipinski definition) is 1. The number of ether oxygens (including phenoxy) is 1. The van der Waals surface area contributed by atoms with E-state index in [2.05, 4.69) is 25.4 Å². The third kappa shape index (κ3) is 4.04. The predicted molar refractivity (Wildman–Crippen MR) is 117 cm³/mol. The molecule has 1 aliphatic heterocycles. The first kappa shape index (κ1) is 20.5. The van der Waals surface area contributed by atoms with Crippen LogP contribution in [0.5, 0.6) is 0 Å². The van der Waals surface area contributed by atoms with Crippen LogP contribution in [-0.4, -0.2) is 56.4 Å². The SMILES string of the molecule is Cc1ccc2[nH]c(=O)c([C@H](c3nnnn3Cc3ccc(F)cc3)N3CCOCC3)cc2c1. The zero-order valence-electron chi connectivity index (χ0n) is 17.7. The molecule has 1 saturated heterocycles. The van der Waals surface area contributed by atoms with Crippen molar-refractivity contribution in [1.82, 2.24) is 30.1 Å². The molecule has 0 unspecified atom stereocenters. The average molecular weight is 434 g/mol. The standard InChI is InChI=1S/C23H23FN6O2/c1-15-2-7-20-17(12-15)13-19(23(31)25-20)21(29-8-10-32-11-9-29)22-26-27-28-30(22)14-16-3-5-18(24)6-4-16/h2-7,12-13,21H,8-11,14H2,1H3,(H,25,31)/t21-/m1/s1. The Hall–Kier alpha value is -3.43. The summed E-state index contributed by atoms with van der Waals surface area (Å²) in [6, 6.07) is 13.7. The average Bonchev–Trinajstić information content (AvgIpc) is 3.24. The molecule has 164 valence electrons. The number of benzene rings is 2. The quantitative estimate of drug-likeness (QED) is 0.519. The van der Waals surface area contributed by atoms with E-state index in [4.69, 9.17) is 4.74 Å². The van der Waals surface area contributed by atoms with Crippen LogP contribution in [0.3, 0.4) is 0 Å². The fourth-order valence-corrected chi connectivity index (χ4v) is 4.16. The Kier molecular flexibility index (Phi) is 5.50. The van der Waals surface area contributed by atoms with Crippen molar-refractivity contribution >= 4 is 10.9 Å². The molecule has 9 heteroatoms. The van der Waals surface area contributed by atoms with E-state index < -0.39 is 6.04 Å². The van der Waals surface area contributed by atoms with Crippen molar-refractivity contribution in [2.75, 3.05) is 26.3 Å². The first-order chi connectivity index (χ1) is 15.6. The Labute approximate surface area is 183 Å². The van der Waals surface area contributed by atoms with Gasteiger partial charge in [-0.15, -0.1) is 5.10 Å². The number of hydrogen-bond acceptors (Lipinski definition) is 6. The van der Waals surface area contributed by atoms with Gasteiger partial charge in [0, 0.05) is 24.2 Å². The highest BCUT2D eigenvalue weighted by Crippen LogP contribution is 2.28. The Balaban J connectivity index is 1.61. The van der Waals surface area contributed by atoms with Crippen LogP contribution < -0.4 is 5.56 Å². The summed E-state index contributed by atoms with van der Waals surface area (Å²) in [6.07, 6.45) is 0. The number of aryl methyl sites for hydroxylation is 1. The van der Waals surface area contributed by atoms with Gasteiger partial charge in [0.1, 0.15) is 11.9 Å². The summed E-state index contributed by atoms with van der Waals surface area (Å²) in [7, 11) is 0. The van der Waals surface area contributed by atoms with Gasteiger partial charge in [-0.2, -0.15) is 0 Å². The van der Waals surface area contributed by atoms with E-state index in [0.717, 1.165) is 22.0 Å². The van der Waals surface area contributed by atoms with Crippen molar-refractivity contribution in [3.63, 3.8) is 0 Å². The van der Waals surface area contributed by atoms with Gasteiger partial charge < -0.3 is 9.72 Å². The van der Waals surface area contributed by atoms with Gasteiger partial charge in [-0.05, 0) is 58.6 Å². The highest BCUT2D eigenvalue weighted by Gasteiger charge is 2.31. The number of fused-ring (bicyclic) bond motifs is 1. The number of H-pyrrole nitrogens is 1. The fourth-order valence-electron chi connectivity index (χ4n) is 4.16. The lowest BCUT2D eigenvalue weighted by Crippen LogP contribution is -2.42. The molecule has 8 nitrogen and oxygen atoms in total. The van der Waals surface area contributed by atoms with Crippen LogP contribution in [0.2, 0.25) is 0 Å². The van der Waals surface area contributed by atoms with Gasteiger partial charge in [0.05, 0.1) is 19.8 Å². The van der Waals surface area contributed by atoms with Crippen molar-refractivity contribution < 1.29 is 9.13 Å². The minimum atomic E-state index is -0.442. The molecule has 5 rings (SSSR count). The molecule has 0 radical (unpaired) electrons. The number of morpholine rings is 1. The van der Waals surface area contributed by atoms with Crippen molar-refractivity contribution in [1.29, 1.82) is 0 Å². The molecule has 0 aliphatic carbocycles. The van der Waals surface area contributed by atoms with Crippen molar-refractivity contribution in [2.24, 2.45) is 0 Å². The van der Waals surface area contributed by atoms with Gasteiger partial charge in [-0.1, -0.05) is 23.8 Å². The van der Waals surface area contributed by atoms with E-state index in [-0.39, 0.29) is 11.4 Å². The van der Waals surface area contributed by atoms with Crippen LogP contribution in [0, 0.1) is 12.7 Å². The highest BCUT2D eigenvalue weighted by atomic mass is 19.1. The van der Waals surface area contributed by atoms with Crippen molar-refractivity contribution in [3.05, 3.63) is 87.2 Å². The van der Waals surface area contributed by atoms with Crippen LogP contribution in [-0.2, 0) is 11.3 Å². The maximum absolute atomic E-state index is 13.3. The van der Waals surface area contributed by atoms with Crippen LogP contribution in [0.15, 0.2) is 53.3 Å². The number of nitrogens with zero attached hydrogens (tertiary/aromatic N) is 5. The minimum Gasteiger partial charge on any atom is -0.379 e. The third-order valence-electron chi connectivity index (χ3n) is 5.78. The second kappa shape index (κ2) is 8.60. The maximum Gasteiger partial charge on any atom is 0.253 e. The lowest BCUT2D eigenvalue weighted by atomic mass is 10.0. The number of aromatic amines is 1. The van der Waals surface area contributed by atoms with Crippen LogP contribution >= 0.6 is 0 Å². The summed E-state index contributed by atoms with van der Waals surface area (Å²) in [4.78, 5) is 18.4. The molecule has 1 fully saturated rings. The van der Waals surface area contributed by atoms with E-state index in [1.54, 1.807) is 16.8 Å². The number of aromatic nitrogens is 5. The summed E-state index contributed by atoms with van der Waals surface area (Å²) in [5.41, 5.74) is 3.17. The number of nitrogens with one attached hydrogen (secondary N) is 1. The summed E-state index contributed by atoms with van der Waals surface area (Å²) >= 11 is 0. The summed E-state index contributed by atoms with van der Waals surface area (Å²) in [5, 5.41) is 13.3. The van der Waals surface area contributed by atoms with E-state index in [1.807, 2.05) is 31.2 Å². The fraction of sp³-hybridized carbons (Fsp3) is 0.304. The van der Waals surface area contributed by atoms with Gasteiger partial charge in [-0.3, -0.25) is 9.69 Å². The molecule has 1 atom stereocenters. The van der Waals surface area contributed by atoms with Gasteiger partial charge in [-0.25, -0.2) is 9.07 Å². The van der Waals surface area contributed by atoms with E-state index in [0.29, 0.717) is 44.2 Å². The second-order valence-electron chi connectivity index (χ2n) is 8.02. The molecule has 32 heavy (non-hydrogen) atoms. The lowest BCUT2D eigenvalue weighted by Gasteiger charge is -2.33. The topological polar surface area (TPSA) is 88.9 Å². The molecule has 3 heterocycles. The Morgan fingerprint density at radius 3 is 2.69 bits per heavy atom. The van der Waals surface area contributed by atoms with Gasteiger partial charge in [0.15, 0.2) is 5.82 Å². The van der Waals surface area contributed by atoms with E-state index in [9.17, 15) is 9.18 Å². The highest BCUT2D eigenvalue weighted by molar-refractivity contribution is 5.79. The van der Waals surface area contributed by atoms with Crippen molar-refractivity contribution in [3.8, 4) is 0 Å². The monoisotopic (exact) mass is 434 g/mol. The molecule has 2 aromatic heterocycles. The van der Waals surface area contributed by atoms with Gasteiger partial charge in [0.25, 0.3) is 5.56 Å². The zero-order chi connectivity index (χ0) is 22.1. The molecule has 4 aromatic rings. The smallest absolute Gasteiger partial charge is 0.253 e. The molecule has 1 N–H and O–H groups in total. The Morgan fingerprint density at radius 2 is 1.91 bits per heavy atom. The molecule has 0 saturated carbocycles. The summed E-state index contributed by atoms with van der Waals surface area (Å²) in [5.74, 6) is 0.267. The van der Waals surface area contributed by atoms with Gasteiger partial charge >= 0.3 is 0 Å². The van der Waals surface area contributed by atoms with E-state index in [1.165, 1.54) is 12.1 Å². The lowest BCUT2D eigenvalue weighted by molar-refractivity contribution is 0.0214. The Morgan fingerprint density at radius 1 is 1.12 bits per heavy atom. The molecular formula is C23H23FN6O2. The molecular weight excluding hydrogens is 411 g/mol. The molecule has 1 aliphatic rings. The molecule has 0 bridgehead atoms. The number of rotatable bonds is 5. The minimum absolute atomic E-state index is 0.172. The molecule has 0 spiro atoms. The third-order valence-corrected chi connectivity index (χ3v) is 5.78. The zero-order valence-corrected chi connectivity index (χ0v) is 17.7. The van der Waals surface area contributed by atoms with Crippen LogP contribution in [0.1, 0.15) is 28.6 Å². The second-order valence-corrected chi connectivity index (χ2v) is 8.02. The van der Waals surface area contributed by atoms with Crippen LogP contribution in [0.25, 0.3) is 10.9 Å². The number of halogens is 1. The molecule has 2 aromatic carbocycles. The predicted octanol–water partition coefficient (Wildman–Crippen LogP) is 2.43. The Bertz CT molecular complexity index is 1290. The maximum atomic E-state index is 13.3. The normalized spacial score (nSPS) is 15.8. The number of pyridine rings is 1. The van der Waals surface area contributed by atoms with Crippen LogP contribution in [0.4, 0.5) is 4.39 Å². The first-order valence-electron chi connectivity index (χ1n) is 10.5. The summed E-state index contributed by atoms with van der Waals surface area (Å²) < 4.78 is 20.5.